The lowest BCUT2D eigenvalue weighted by molar-refractivity contribution is -0.371. The highest BCUT2D eigenvalue weighted by atomic mass is 19.4. The van der Waals surface area contributed by atoms with E-state index in [4.69, 9.17) is 5.11 Å². The Morgan fingerprint density at radius 3 is 1.70 bits per heavy atom. The summed E-state index contributed by atoms with van der Waals surface area (Å²) in [6.07, 6.45) is -6.40. The van der Waals surface area contributed by atoms with Gasteiger partial charge in [-0.2, -0.15) is 30.7 Å². The van der Waals surface area contributed by atoms with Crippen molar-refractivity contribution in [2.75, 3.05) is 0 Å². The van der Waals surface area contributed by atoms with Crippen LogP contribution in [0.1, 0.15) is 51.9 Å². The van der Waals surface area contributed by atoms with E-state index in [2.05, 4.69) is 0 Å². The van der Waals surface area contributed by atoms with Crippen molar-refractivity contribution in [3.05, 3.63) is 0 Å². The number of aliphatic hydroxyl groups excluding tert-OH is 1. The first-order valence-electron chi connectivity index (χ1n) is 6.49. The fourth-order valence-corrected chi connectivity index (χ4v) is 1.70. The lowest BCUT2D eigenvalue weighted by Gasteiger charge is -2.31. The van der Waals surface area contributed by atoms with Gasteiger partial charge >= 0.3 is 18.0 Å². The Balaban J connectivity index is 4.35. The quantitative estimate of drug-likeness (QED) is 0.473. The van der Waals surface area contributed by atoms with E-state index in [1.54, 1.807) is 0 Å². The molecule has 20 heavy (non-hydrogen) atoms. The Morgan fingerprint density at radius 1 is 0.800 bits per heavy atom. The van der Waals surface area contributed by atoms with Crippen LogP contribution < -0.4 is 0 Å². The van der Waals surface area contributed by atoms with Crippen molar-refractivity contribution >= 4 is 0 Å². The molecule has 0 rings (SSSR count). The second kappa shape index (κ2) is 7.47. The molecule has 0 aromatic carbocycles. The van der Waals surface area contributed by atoms with E-state index in [1.807, 2.05) is 6.92 Å². The Morgan fingerprint density at radius 2 is 1.25 bits per heavy atom. The molecule has 0 amide bonds. The fourth-order valence-electron chi connectivity index (χ4n) is 1.70. The van der Waals surface area contributed by atoms with Gasteiger partial charge in [0.25, 0.3) is 0 Å². The summed E-state index contributed by atoms with van der Waals surface area (Å²) >= 11 is 0. The van der Waals surface area contributed by atoms with Gasteiger partial charge in [-0.15, -0.1) is 0 Å². The molecule has 0 aliphatic heterocycles. The molecule has 0 radical (unpaired) electrons. The second-order valence-corrected chi connectivity index (χ2v) is 4.77. The third kappa shape index (κ3) is 4.79. The minimum atomic E-state index is -6.39. The molecule has 0 spiro atoms. The topological polar surface area (TPSA) is 20.2 Å². The molecule has 1 atom stereocenters. The Hall–Kier alpha value is -0.530. The molecule has 0 aliphatic carbocycles. The van der Waals surface area contributed by atoms with Crippen molar-refractivity contribution in [1.82, 2.24) is 0 Å². The fraction of sp³-hybridized carbons (Fsp3) is 1.00. The molecule has 0 saturated heterocycles. The molecule has 0 aromatic heterocycles. The highest BCUT2D eigenvalue weighted by molar-refractivity contribution is 4.95. The number of alkyl halides is 7. The van der Waals surface area contributed by atoms with Gasteiger partial charge in [-0.3, -0.25) is 0 Å². The van der Waals surface area contributed by atoms with Crippen molar-refractivity contribution in [2.24, 2.45) is 0 Å². The molecule has 1 nitrogen and oxygen atoms in total. The lowest BCUT2D eigenvalue weighted by atomic mass is 9.99. The molecule has 0 heterocycles. The zero-order chi connectivity index (χ0) is 16.0. The minimum Gasteiger partial charge on any atom is -0.387 e. The summed E-state index contributed by atoms with van der Waals surface area (Å²) in [7, 11) is 0. The summed E-state index contributed by atoms with van der Waals surface area (Å²) < 4.78 is 86.8. The van der Waals surface area contributed by atoms with Gasteiger partial charge in [-0.25, -0.2) is 0 Å². The first-order chi connectivity index (χ1) is 8.98. The van der Waals surface area contributed by atoms with Crippen molar-refractivity contribution in [1.29, 1.82) is 0 Å². The van der Waals surface area contributed by atoms with Crippen LogP contribution >= 0.6 is 0 Å². The van der Waals surface area contributed by atoms with E-state index in [0.717, 1.165) is 19.3 Å². The van der Waals surface area contributed by atoms with Gasteiger partial charge in [-0.1, -0.05) is 45.4 Å². The molecule has 0 bridgehead atoms. The van der Waals surface area contributed by atoms with Crippen LogP contribution in [0.2, 0.25) is 0 Å². The van der Waals surface area contributed by atoms with E-state index >= 15 is 0 Å². The highest BCUT2D eigenvalue weighted by Gasteiger charge is 2.75. The molecular weight excluding hydrogens is 293 g/mol. The standard InChI is InChI=1S/C12H19F7O/c1-2-3-4-5-6-7-8-9(20)10(13,14)11(15,16)12(17,18)19/h9,20H,2-8H2,1H3. The Bertz CT molecular complexity index is 275. The number of halogens is 7. The normalized spacial score (nSPS) is 15.4. The average molecular weight is 312 g/mol. The average Bonchev–Trinajstić information content (AvgIpc) is 2.31. The predicted octanol–water partition coefficient (Wildman–Crippen LogP) is 4.93. The SMILES string of the molecule is CCCCCCCCC(O)C(F)(F)C(F)(F)C(F)(F)F. The van der Waals surface area contributed by atoms with Gasteiger partial charge in [0.15, 0.2) is 0 Å². The Labute approximate surface area is 113 Å². The number of rotatable bonds is 9. The molecule has 1 N–H and O–H groups in total. The van der Waals surface area contributed by atoms with Crippen LogP contribution in [0.5, 0.6) is 0 Å². The van der Waals surface area contributed by atoms with E-state index in [-0.39, 0.29) is 6.42 Å². The third-order valence-corrected chi connectivity index (χ3v) is 3.02. The molecule has 8 heteroatoms. The monoisotopic (exact) mass is 312 g/mol. The van der Waals surface area contributed by atoms with Crippen molar-refractivity contribution < 1.29 is 35.8 Å². The molecule has 0 aliphatic rings. The molecular formula is C12H19F7O. The van der Waals surface area contributed by atoms with Gasteiger partial charge in [0.05, 0.1) is 0 Å². The molecule has 0 aromatic rings. The minimum absolute atomic E-state index is 0.0194. The smallest absolute Gasteiger partial charge is 0.387 e. The number of unbranched alkanes of at least 4 members (excludes halogenated alkanes) is 5. The summed E-state index contributed by atoms with van der Waals surface area (Å²) in [5.41, 5.74) is 0. The molecule has 0 fully saturated rings. The van der Waals surface area contributed by atoms with Crippen molar-refractivity contribution in [3.8, 4) is 0 Å². The van der Waals surface area contributed by atoms with E-state index in [9.17, 15) is 30.7 Å². The van der Waals surface area contributed by atoms with Crippen LogP contribution in [0.3, 0.4) is 0 Å². The zero-order valence-electron chi connectivity index (χ0n) is 11.1. The molecule has 1 unspecified atom stereocenters. The lowest BCUT2D eigenvalue weighted by Crippen LogP contribution is -2.57. The summed E-state index contributed by atoms with van der Waals surface area (Å²) in [5, 5.41) is 8.95. The number of hydrogen-bond donors (Lipinski definition) is 1. The van der Waals surface area contributed by atoms with Gasteiger partial charge < -0.3 is 5.11 Å². The van der Waals surface area contributed by atoms with Gasteiger partial charge in [-0.05, 0) is 6.42 Å². The summed E-state index contributed by atoms with van der Waals surface area (Å²) in [4.78, 5) is 0. The summed E-state index contributed by atoms with van der Waals surface area (Å²) in [6.45, 7) is 1.96. The van der Waals surface area contributed by atoms with Crippen molar-refractivity contribution in [2.45, 2.75) is 76.0 Å². The van der Waals surface area contributed by atoms with Crippen LogP contribution in [-0.2, 0) is 0 Å². The highest BCUT2D eigenvalue weighted by Crippen LogP contribution is 2.48. The predicted molar refractivity (Wildman–Crippen MR) is 59.9 cm³/mol. The maximum Gasteiger partial charge on any atom is 0.459 e. The maximum atomic E-state index is 13.0. The van der Waals surface area contributed by atoms with E-state index in [0.29, 0.717) is 12.8 Å². The van der Waals surface area contributed by atoms with Crippen LogP contribution in [0.4, 0.5) is 30.7 Å². The number of hydrogen-bond acceptors (Lipinski definition) is 1. The summed E-state index contributed by atoms with van der Waals surface area (Å²) in [6, 6.07) is 0. The number of aliphatic hydroxyl groups is 1. The first-order valence-corrected chi connectivity index (χ1v) is 6.49. The largest absolute Gasteiger partial charge is 0.459 e. The van der Waals surface area contributed by atoms with Crippen molar-refractivity contribution in [3.63, 3.8) is 0 Å². The first kappa shape index (κ1) is 19.5. The zero-order valence-corrected chi connectivity index (χ0v) is 11.1. The maximum absolute atomic E-state index is 13.0. The van der Waals surface area contributed by atoms with Gasteiger partial charge in [0.2, 0.25) is 0 Å². The molecule has 122 valence electrons. The van der Waals surface area contributed by atoms with E-state index in [1.165, 1.54) is 0 Å². The van der Waals surface area contributed by atoms with Crippen LogP contribution in [0.25, 0.3) is 0 Å². The van der Waals surface area contributed by atoms with Crippen LogP contribution in [0.15, 0.2) is 0 Å². The Kier molecular flexibility index (Phi) is 7.27. The van der Waals surface area contributed by atoms with Crippen LogP contribution in [-0.4, -0.2) is 29.2 Å². The van der Waals surface area contributed by atoms with Gasteiger partial charge in [0.1, 0.15) is 6.10 Å². The van der Waals surface area contributed by atoms with E-state index < -0.39 is 30.5 Å². The third-order valence-electron chi connectivity index (χ3n) is 3.02. The summed E-state index contributed by atoms with van der Waals surface area (Å²) in [5.74, 6) is -11.8. The van der Waals surface area contributed by atoms with Crippen LogP contribution in [0, 0.1) is 0 Å². The van der Waals surface area contributed by atoms with Gasteiger partial charge in [0, 0.05) is 0 Å². The molecule has 0 saturated carbocycles. The second-order valence-electron chi connectivity index (χ2n) is 4.77.